The van der Waals surface area contributed by atoms with Gasteiger partial charge in [-0.15, -0.1) is 0 Å². The third-order valence-corrected chi connectivity index (χ3v) is 3.02. The summed E-state index contributed by atoms with van der Waals surface area (Å²) in [7, 11) is 2.11. The molecule has 1 fully saturated rings. The molecule has 0 heterocycles. The van der Waals surface area contributed by atoms with Gasteiger partial charge in [-0.3, -0.25) is 0 Å². The van der Waals surface area contributed by atoms with Crippen LogP contribution in [0.2, 0.25) is 0 Å². The molecule has 0 saturated heterocycles. The third kappa shape index (κ3) is 1.48. The van der Waals surface area contributed by atoms with E-state index in [1.165, 1.54) is 18.5 Å². The van der Waals surface area contributed by atoms with Crippen LogP contribution in [0.5, 0.6) is 5.75 Å². The summed E-state index contributed by atoms with van der Waals surface area (Å²) in [6.45, 7) is 2.26. The van der Waals surface area contributed by atoms with Gasteiger partial charge in [-0.25, -0.2) is 0 Å². The van der Waals surface area contributed by atoms with Crippen LogP contribution in [0, 0.1) is 0 Å². The van der Waals surface area contributed by atoms with Gasteiger partial charge in [0.2, 0.25) is 0 Å². The summed E-state index contributed by atoms with van der Waals surface area (Å²) in [5.74, 6) is 0.332. The Labute approximate surface area is 78.8 Å². The Kier molecular flexibility index (Phi) is 1.72. The quantitative estimate of drug-likeness (QED) is 0.749. The Balaban J connectivity index is 2.20. The van der Waals surface area contributed by atoms with E-state index in [-0.39, 0.29) is 0 Å². The van der Waals surface area contributed by atoms with Gasteiger partial charge in [0.1, 0.15) is 5.75 Å². The molecule has 1 saturated carbocycles. The van der Waals surface area contributed by atoms with Crippen molar-refractivity contribution in [3.63, 3.8) is 0 Å². The van der Waals surface area contributed by atoms with Crippen LogP contribution in [0.15, 0.2) is 24.3 Å². The van der Waals surface area contributed by atoms with Gasteiger partial charge in [0.05, 0.1) is 0 Å². The van der Waals surface area contributed by atoms with Crippen LogP contribution >= 0.6 is 0 Å². The first kappa shape index (κ1) is 8.42. The monoisotopic (exact) mass is 177 g/mol. The molecule has 2 nitrogen and oxygen atoms in total. The fourth-order valence-corrected chi connectivity index (χ4v) is 1.50. The molecule has 0 unspecified atom stereocenters. The molecule has 0 spiro atoms. The normalized spacial score (nSPS) is 18.3. The molecule has 13 heavy (non-hydrogen) atoms. The standard InChI is InChI=1S/C11H15NO/c1-11(7-8-11)12(2)9-3-5-10(13)6-4-9/h3-6,13H,7-8H2,1-2H3. The van der Waals surface area contributed by atoms with Gasteiger partial charge in [-0.2, -0.15) is 0 Å². The number of rotatable bonds is 2. The molecule has 70 valence electrons. The highest BCUT2D eigenvalue weighted by Crippen LogP contribution is 2.42. The maximum absolute atomic E-state index is 9.14. The molecule has 1 aromatic carbocycles. The van der Waals surface area contributed by atoms with Crippen molar-refractivity contribution in [3.8, 4) is 5.75 Å². The van der Waals surface area contributed by atoms with Gasteiger partial charge in [0.25, 0.3) is 0 Å². The number of phenols is 1. The lowest BCUT2D eigenvalue weighted by atomic mass is 10.2. The van der Waals surface area contributed by atoms with Gasteiger partial charge in [0.15, 0.2) is 0 Å². The number of anilines is 1. The van der Waals surface area contributed by atoms with E-state index in [0.29, 0.717) is 11.3 Å². The second-order valence-corrected chi connectivity index (χ2v) is 4.07. The number of hydrogen-bond donors (Lipinski definition) is 1. The zero-order valence-electron chi connectivity index (χ0n) is 8.12. The molecule has 2 heteroatoms. The average Bonchev–Trinajstić information content (AvgIpc) is 2.85. The summed E-state index contributed by atoms with van der Waals surface area (Å²) in [4.78, 5) is 2.28. The van der Waals surface area contributed by atoms with Crippen molar-refractivity contribution in [1.82, 2.24) is 0 Å². The van der Waals surface area contributed by atoms with Crippen LogP contribution in [0.1, 0.15) is 19.8 Å². The molecule has 1 aromatic rings. The van der Waals surface area contributed by atoms with E-state index in [4.69, 9.17) is 5.11 Å². The van der Waals surface area contributed by atoms with Crippen molar-refractivity contribution in [2.24, 2.45) is 0 Å². The highest BCUT2D eigenvalue weighted by molar-refractivity contribution is 5.51. The Morgan fingerprint density at radius 1 is 1.23 bits per heavy atom. The molecular formula is C11H15NO. The van der Waals surface area contributed by atoms with Gasteiger partial charge in [-0.1, -0.05) is 0 Å². The summed E-state index contributed by atoms with van der Waals surface area (Å²) in [6, 6.07) is 7.38. The maximum atomic E-state index is 9.14. The van der Waals surface area contributed by atoms with Crippen molar-refractivity contribution < 1.29 is 5.11 Å². The van der Waals surface area contributed by atoms with Crippen molar-refractivity contribution in [3.05, 3.63) is 24.3 Å². The lowest BCUT2D eigenvalue weighted by Crippen LogP contribution is -2.30. The second-order valence-electron chi connectivity index (χ2n) is 4.07. The van der Waals surface area contributed by atoms with Crippen LogP contribution in [-0.4, -0.2) is 17.7 Å². The Morgan fingerprint density at radius 2 is 1.77 bits per heavy atom. The maximum Gasteiger partial charge on any atom is 0.115 e. The lowest BCUT2D eigenvalue weighted by Gasteiger charge is -2.26. The Hall–Kier alpha value is -1.18. The van der Waals surface area contributed by atoms with E-state index < -0.39 is 0 Å². The molecule has 1 N–H and O–H groups in total. The summed E-state index contributed by atoms with van der Waals surface area (Å²) < 4.78 is 0. The first-order valence-corrected chi connectivity index (χ1v) is 4.65. The number of phenolic OH excluding ortho intramolecular Hbond substituents is 1. The second kappa shape index (κ2) is 2.66. The van der Waals surface area contributed by atoms with Crippen LogP contribution in [0.4, 0.5) is 5.69 Å². The van der Waals surface area contributed by atoms with Crippen molar-refractivity contribution in [1.29, 1.82) is 0 Å². The molecule has 0 aromatic heterocycles. The first-order valence-electron chi connectivity index (χ1n) is 4.65. The molecule has 0 atom stereocenters. The highest BCUT2D eigenvalue weighted by Gasteiger charge is 2.41. The number of nitrogens with zero attached hydrogens (tertiary/aromatic N) is 1. The van der Waals surface area contributed by atoms with Gasteiger partial charge in [0, 0.05) is 18.3 Å². The largest absolute Gasteiger partial charge is 0.508 e. The fourth-order valence-electron chi connectivity index (χ4n) is 1.50. The third-order valence-electron chi connectivity index (χ3n) is 3.02. The Morgan fingerprint density at radius 3 is 2.23 bits per heavy atom. The predicted octanol–water partition coefficient (Wildman–Crippen LogP) is 2.38. The predicted molar refractivity (Wildman–Crippen MR) is 54.1 cm³/mol. The van der Waals surface area contributed by atoms with Crippen molar-refractivity contribution in [2.45, 2.75) is 25.3 Å². The van der Waals surface area contributed by atoms with E-state index in [0.717, 1.165) is 0 Å². The van der Waals surface area contributed by atoms with Crippen LogP contribution in [-0.2, 0) is 0 Å². The molecule has 0 amide bonds. The zero-order valence-corrected chi connectivity index (χ0v) is 8.12. The summed E-state index contributed by atoms with van der Waals surface area (Å²) in [5.41, 5.74) is 1.54. The zero-order chi connectivity index (χ0) is 9.47. The summed E-state index contributed by atoms with van der Waals surface area (Å²) >= 11 is 0. The molecule has 1 aliphatic rings. The van der Waals surface area contributed by atoms with E-state index in [1.54, 1.807) is 12.1 Å². The summed E-state index contributed by atoms with van der Waals surface area (Å²) in [5, 5.41) is 9.14. The minimum atomic E-state index is 0.332. The lowest BCUT2D eigenvalue weighted by molar-refractivity contribution is 0.475. The van der Waals surface area contributed by atoms with E-state index in [1.807, 2.05) is 12.1 Å². The molecule has 0 aliphatic heterocycles. The number of aromatic hydroxyl groups is 1. The van der Waals surface area contributed by atoms with E-state index in [2.05, 4.69) is 18.9 Å². The van der Waals surface area contributed by atoms with Gasteiger partial charge >= 0.3 is 0 Å². The Bertz CT molecular complexity index is 300. The molecule has 1 aliphatic carbocycles. The first-order chi connectivity index (χ1) is 6.12. The van der Waals surface area contributed by atoms with Gasteiger partial charge < -0.3 is 10.0 Å². The van der Waals surface area contributed by atoms with Gasteiger partial charge in [-0.05, 0) is 44.0 Å². The fraction of sp³-hybridized carbons (Fsp3) is 0.455. The summed E-state index contributed by atoms with van der Waals surface area (Å²) in [6.07, 6.45) is 2.54. The average molecular weight is 177 g/mol. The number of hydrogen-bond acceptors (Lipinski definition) is 2. The number of benzene rings is 1. The SMILES string of the molecule is CN(c1ccc(O)cc1)C1(C)CC1. The minimum Gasteiger partial charge on any atom is -0.508 e. The molecule has 0 bridgehead atoms. The van der Waals surface area contributed by atoms with E-state index >= 15 is 0 Å². The molecular weight excluding hydrogens is 162 g/mol. The smallest absolute Gasteiger partial charge is 0.115 e. The van der Waals surface area contributed by atoms with Crippen molar-refractivity contribution >= 4 is 5.69 Å². The van der Waals surface area contributed by atoms with E-state index in [9.17, 15) is 0 Å². The van der Waals surface area contributed by atoms with Crippen molar-refractivity contribution in [2.75, 3.05) is 11.9 Å². The van der Waals surface area contributed by atoms with Crippen LogP contribution in [0.3, 0.4) is 0 Å². The van der Waals surface area contributed by atoms with Crippen LogP contribution in [0.25, 0.3) is 0 Å². The topological polar surface area (TPSA) is 23.5 Å². The molecule has 2 rings (SSSR count). The molecule has 0 radical (unpaired) electrons. The van der Waals surface area contributed by atoms with Crippen LogP contribution < -0.4 is 4.90 Å². The minimum absolute atomic E-state index is 0.332. The highest BCUT2D eigenvalue weighted by atomic mass is 16.3.